The number of nitrogen functional groups attached to an aromatic ring is 1. The van der Waals surface area contributed by atoms with Gasteiger partial charge in [-0.3, -0.25) is 0 Å². The number of rotatable bonds is 1. The van der Waals surface area contributed by atoms with Gasteiger partial charge in [-0.05, 0) is 12.1 Å². The molecule has 0 fully saturated rings. The van der Waals surface area contributed by atoms with Crippen LogP contribution in [0, 0.1) is 5.82 Å². The van der Waals surface area contributed by atoms with Gasteiger partial charge in [0.15, 0.2) is 0 Å². The number of nitrogens with two attached hydrogens (primary N) is 1. The van der Waals surface area contributed by atoms with E-state index in [2.05, 4.69) is 0 Å². The third kappa shape index (κ3) is 2.31. The summed E-state index contributed by atoms with van der Waals surface area (Å²) >= 11 is 0. The van der Waals surface area contributed by atoms with Crippen molar-refractivity contribution in [3.8, 4) is 0 Å². The highest BCUT2D eigenvalue weighted by Gasteiger charge is 2.32. The first-order chi connectivity index (χ1) is 6.73. The molecular weight excluding hydrogens is 212 g/mol. The number of benzene rings is 1. The van der Waals surface area contributed by atoms with E-state index >= 15 is 0 Å². The van der Waals surface area contributed by atoms with Crippen LogP contribution in [-0.2, 0) is 6.18 Å². The Morgan fingerprint density at radius 3 is 2.13 bits per heavy atom. The fraction of sp³-hybridized carbons (Fsp3) is 0.333. The average molecular weight is 222 g/mol. The Kier molecular flexibility index (Phi) is 2.79. The largest absolute Gasteiger partial charge is 0.416 e. The summed E-state index contributed by atoms with van der Waals surface area (Å²) < 4.78 is 50.0. The predicted octanol–water partition coefficient (Wildman–Crippen LogP) is 2.49. The maximum atomic E-state index is 13.1. The summed E-state index contributed by atoms with van der Waals surface area (Å²) in [5, 5.41) is 0. The number of hydrogen-bond donors (Lipinski definition) is 1. The Morgan fingerprint density at radius 1 is 1.20 bits per heavy atom. The molecule has 0 heterocycles. The van der Waals surface area contributed by atoms with Crippen LogP contribution in [0.5, 0.6) is 0 Å². The Balaban J connectivity index is 3.36. The monoisotopic (exact) mass is 222 g/mol. The molecule has 0 aromatic heterocycles. The second-order valence-corrected chi connectivity index (χ2v) is 3.28. The first-order valence-corrected chi connectivity index (χ1v) is 4.07. The maximum Gasteiger partial charge on any atom is 0.416 e. The van der Waals surface area contributed by atoms with Gasteiger partial charge in [-0.1, -0.05) is 0 Å². The molecule has 0 saturated heterocycles. The van der Waals surface area contributed by atoms with E-state index in [1.54, 1.807) is 0 Å². The van der Waals surface area contributed by atoms with Gasteiger partial charge in [0.25, 0.3) is 0 Å². The summed E-state index contributed by atoms with van der Waals surface area (Å²) in [6.45, 7) is 0. The van der Waals surface area contributed by atoms with Crippen molar-refractivity contribution in [2.24, 2.45) is 0 Å². The van der Waals surface area contributed by atoms with Crippen LogP contribution in [0.15, 0.2) is 12.1 Å². The van der Waals surface area contributed by atoms with Gasteiger partial charge in [0.2, 0.25) is 0 Å². The van der Waals surface area contributed by atoms with E-state index in [0.29, 0.717) is 6.07 Å². The number of nitrogens with zero attached hydrogens (tertiary/aromatic N) is 1. The third-order valence-corrected chi connectivity index (χ3v) is 1.92. The second kappa shape index (κ2) is 3.60. The molecule has 84 valence electrons. The normalized spacial score (nSPS) is 11.6. The highest BCUT2D eigenvalue weighted by molar-refractivity contribution is 5.68. The summed E-state index contributed by atoms with van der Waals surface area (Å²) in [6.07, 6.45) is -4.57. The van der Waals surface area contributed by atoms with Crippen molar-refractivity contribution >= 4 is 11.4 Å². The van der Waals surface area contributed by atoms with Crippen LogP contribution in [0.25, 0.3) is 0 Å². The summed E-state index contributed by atoms with van der Waals surface area (Å²) in [5.74, 6) is -1.06. The molecule has 0 aliphatic carbocycles. The van der Waals surface area contributed by atoms with Crippen molar-refractivity contribution in [1.82, 2.24) is 0 Å². The van der Waals surface area contributed by atoms with Crippen LogP contribution in [0.4, 0.5) is 28.9 Å². The lowest BCUT2D eigenvalue weighted by Crippen LogP contribution is -2.15. The van der Waals surface area contributed by atoms with Crippen molar-refractivity contribution in [2.45, 2.75) is 6.18 Å². The zero-order chi connectivity index (χ0) is 11.8. The van der Waals surface area contributed by atoms with Gasteiger partial charge in [-0.15, -0.1) is 0 Å². The Hall–Kier alpha value is -1.46. The molecule has 0 aliphatic heterocycles. The third-order valence-electron chi connectivity index (χ3n) is 1.92. The Morgan fingerprint density at radius 2 is 1.73 bits per heavy atom. The van der Waals surface area contributed by atoms with Crippen molar-refractivity contribution in [2.75, 3.05) is 24.7 Å². The number of halogens is 4. The van der Waals surface area contributed by atoms with E-state index in [-0.39, 0.29) is 11.4 Å². The fourth-order valence-electron chi connectivity index (χ4n) is 1.14. The Bertz CT molecular complexity index is 371. The molecule has 0 atom stereocenters. The van der Waals surface area contributed by atoms with E-state index < -0.39 is 17.6 Å². The van der Waals surface area contributed by atoms with Crippen molar-refractivity contribution in [3.05, 3.63) is 23.5 Å². The van der Waals surface area contributed by atoms with Gasteiger partial charge < -0.3 is 10.6 Å². The standard InChI is InChI=1S/C9H10F4N2/c1-15(2)7-4-5(9(11,12)13)3-6(10)8(7)14/h3-4H,14H2,1-2H3. The molecule has 2 N–H and O–H groups in total. The zero-order valence-corrected chi connectivity index (χ0v) is 8.19. The van der Waals surface area contributed by atoms with Crippen LogP contribution < -0.4 is 10.6 Å². The maximum absolute atomic E-state index is 13.1. The lowest BCUT2D eigenvalue weighted by Gasteiger charge is -2.18. The molecule has 6 heteroatoms. The second-order valence-electron chi connectivity index (χ2n) is 3.28. The van der Waals surface area contributed by atoms with E-state index in [4.69, 9.17) is 5.73 Å². The van der Waals surface area contributed by atoms with Gasteiger partial charge in [-0.25, -0.2) is 4.39 Å². The summed E-state index contributed by atoms with van der Waals surface area (Å²) in [4.78, 5) is 1.33. The van der Waals surface area contributed by atoms with Gasteiger partial charge >= 0.3 is 6.18 Å². The van der Waals surface area contributed by atoms with Crippen LogP contribution in [0.2, 0.25) is 0 Å². The van der Waals surface area contributed by atoms with Crippen molar-refractivity contribution in [1.29, 1.82) is 0 Å². The average Bonchev–Trinajstić information content (AvgIpc) is 2.06. The van der Waals surface area contributed by atoms with Crippen LogP contribution in [0.3, 0.4) is 0 Å². The molecule has 0 radical (unpaired) electrons. The van der Waals surface area contributed by atoms with E-state index in [0.717, 1.165) is 6.07 Å². The topological polar surface area (TPSA) is 29.3 Å². The van der Waals surface area contributed by atoms with Crippen LogP contribution >= 0.6 is 0 Å². The van der Waals surface area contributed by atoms with Gasteiger partial charge in [0.1, 0.15) is 5.82 Å². The number of hydrogen-bond acceptors (Lipinski definition) is 2. The fourth-order valence-corrected chi connectivity index (χ4v) is 1.14. The molecular formula is C9H10F4N2. The van der Waals surface area contributed by atoms with Crippen LogP contribution in [0.1, 0.15) is 5.56 Å². The van der Waals surface area contributed by atoms with E-state index in [9.17, 15) is 17.6 Å². The molecule has 0 saturated carbocycles. The predicted molar refractivity (Wildman–Crippen MR) is 50.1 cm³/mol. The smallest absolute Gasteiger partial charge is 0.395 e. The van der Waals surface area contributed by atoms with Gasteiger partial charge in [0, 0.05) is 14.1 Å². The molecule has 0 bridgehead atoms. The molecule has 0 amide bonds. The molecule has 0 unspecified atom stereocenters. The highest BCUT2D eigenvalue weighted by Crippen LogP contribution is 2.35. The minimum atomic E-state index is -4.57. The quantitative estimate of drug-likeness (QED) is 0.584. The molecule has 2 nitrogen and oxygen atoms in total. The minimum Gasteiger partial charge on any atom is -0.395 e. The molecule has 1 aromatic rings. The first-order valence-electron chi connectivity index (χ1n) is 4.07. The van der Waals surface area contributed by atoms with Crippen LogP contribution in [-0.4, -0.2) is 14.1 Å². The first kappa shape index (κ1) is 11.6. The SMILES string of the molecule is CN(C)c1cc(C(F)(F)F)cc(F)c1N. The van der Waals surface area contributed by atoms with E-state index in [1.165, 1.54) is 19.0 Å². The zero-order valence-electron chi connectivity index (χ0n) is 8.19. The minimum absolute atomic E-state index is 0.0160. The van der Waals surface area contributed by atoms with Crippen molar-refractivity contribution in [3.63, 3.8) is 0 Å². The number of alkyl halides is 3. The molecule has 0 spiro atoms. The molecule has 1 rings (SSSR count). The number of anilines is 2. The van der Waals surface area contributed by atoms with E-state index in [1.807, 2.05) is 0 Å². The van der Waals surface area contributed by atoms with Gasteiger partial charge in [-0.2, -0.15) is 13.2 Å². The Labute approximate surface area is 84.3 Å². The highest BCUT2D eigenvalue weighted by atomic mass is 19.4. The summed E-state index contributed by atoms with van der Waals surface area (Å²) in [6, 6.07) is 1.21. The van der Waals surface area contributed by atoms with Gasteiger partial charge in [0.05, 0.1) is 16.9 Å². The lowest BCUT2D eigenvalue weighted by atomic mass is 10.1. The molecule has 0 aliphatic rings. The molecule has 15 heavy (non-hydrogen) atoms. The molecule has 1 aromatic carbocycles. The summed E-state index contributed by atoms with van der Waals surface area (Å²) in [5.41, 5.74) is 4.00. The van der Waals surface area contributed by atoms with Crippen molar-refractivity contribution < 1.29 is 17.6 Å². The summed E-state index contributed by atoms with van der Waals surface area (Å²) in [7, 11) is 2.98. The lowest BCUT2D eigenvalue weighted by molar-refractivity contribution is -0.137.